The highest BCUT2D eigenvalue weighted by Crippen LogP contribution is 2.45. The third-order valence-electron chi connectivity index (χ3n) is 9.72. The summed E-state index contributed by atoms with van der Waals surface area (Å²) >= 11 is 0. The monoisotopic (exact) mass is 651 g/mol. The fraction of sp³-hybridized carbons (Fsp3) is 0. The second-order valence-electron chi connectivity index (χ2n) is 12.8. The van der Waals surface area contributed by atoms with E-state index in [1.54, 1.807) is 0 Å². The van der Waals surface area contributed by atoms with Crippen molar-refractivity contribution < 1.29 is 4.42 Å². The molecule has 0 amide bonds. The van der Waals surface area contributed by atoms with Gasteiger partial charge in [-0.3, -0.25) is 0 Å². The molecule has 2 heterocycles. The van der Waals surface area contributed by atoms with Crippen LogP contribution in [0, 0.1) is 0 Å². The lowest BCUT2D eigenvalue weighted by atomic mass is 9.88. The van der Waals surface area contributed by atoms with Crippen LogP contribution in [-0.2, 0) is 0 Å². The molecule has 10 rings (SSSR count). The quantitative estimate of drug-likeness (QED) is 0.186. The summed E-state index contributed by atoms with van der Waals surface area (Å²) in [6.45, 7) is 0. The Morgan fingerprint density at radius 3 is 1.53 bits per heavy atom. The molecule has 2 aromatic heterocycles. The summed E-state index contributed by atoms with van der Waals surface area (Å²) in [5, 5.41) is 6.96. The van der Waals surface area contributed by atoms with E-state index >= 15 is 0 Å². The molecule has 0 aliphatic rings. The first-order valence-electron chi connectivity index (χ1n) is 17.1. The van der Waals surface area contributed by atoms with Gasteiger partial charge in [-0.15, -0.1) is 0 Å². The molecular formula is C47H29N3O. The summed E-state index contributed by atoms with van der Waals surface area (Å²) in [6.07, 6.45) is 0. The van der Waals surface area contributed by atoms with Crippen molar-refractivity contribution in [1.82, 2.24) is 15.0 Å². The Bertz CT molecular complexity index is 2830. The Labute approximate surface area is 294 Å². The predicted molar refractivity (Wildman–Crippen MR) is 209 cm³/mol. The third-order valence-corrected chi connectivity index (χ3v) is 9.72. The summed E-state index contributed by atoms with van der Waals surface area (Å²) in [5.41, 5.74) is 9.10. The Balaban J connectivity index is 1.20. The van der Waals surface area contributed by atoms with Gasteiger partial charge in [0.15, 0.2) is 17.5 Å². The summed E-state index contributed by atoms with van der Waals surface area (Å²) in [4.78, 5) is 14.8. The molecule has 0 spiro atoms. The van der Waals surface area contributed by atoms with Crippen LogP contribution in [0.3, 0.4) is 0 Å². The number of rotatable bonds is 5. The number of hydrogen-bond donors (Lipinski definition) is 0. The van der Waals surface area contributed by atoms with Gasteiger partial charge in [-0.05, 0) is 62.5 Å². The van der Waals surface area contributed by atoms with Crippen LogP contribution in [0.1, 0.15) is 0 Å². The molecule has 0 aliphatic carbocycles. The van der Waals surface area contributed by atoms with Crippen LogP contribution in [0.25, 0.3) is 99.9 Å². The van der Waals surface area contributed by atoms with Crippen LogP contribution in [0.4, 0.5) is 0 Å². The molecule has 4 heteroatoms. The maximum absolute atomic E-state index is 6.58. The summed E-state index contributed by atoms with van der Waals surface area (Å²) < 4.78 is 6.58. The molecule has 0 aliphatic heterocycles. The normalized spacial score (nSPS) is 11.5. The van der Waals surface area contributed by atoms with E-state index < -0.39 is 0 Å². The average Bonchev–Trinajstić information content (AvgIpc) is 3.57. The second-order valence-corrected chi connectivity index (χ2v) is 12.8. The van der Waals surface area contributed by atoms with Gasteiger partial charge >= 0.3 is 0 Å². The van der Waals surface area contributed by atoms with Crippen molar-refractivity contribution in [3.05, 3.63) is 176 Å². The molecule has 4 nitrogen and oxygen atoms in total. The smallest absolute Gasteiger partial charge is 0.164 e. The molecule has 0 N–H and O–H groups in total. The second kappa shape index (κ2) is 11.9. The van der Waals surface area contributed by atoms with Gasteiger partial charge in [-0.1, -0.05) is 152 Å². The number of aromatic nitrogens is 3. The summed E-state index contributed by atoms with van der Waals surface area (Å²) in [5.74, 6) is 1.91. The van der Waals surface area contributed by atoms with Crippen molar-refractivity contribution in [2.75, 3.05) is 0 Å². The molecule has 0 unspecified atom stereocenters. The molecule has 51 heavy (non-hydrogen) atoms. The van der Waals surface area contributed by atoms with Crippen molar-refractivity contribution in [1.29, 1.82) is 0 Å². The van der Waals surface area contributed by atoms with Crippen LogP contribution < -0.4 is 0 Å². The average molecular weight is 652 g/mol. The number of fused-ring (bicyclic) bond motifs is 5. The molecule has 0 atom stereocenters. The zero-order valence-corrected chi connectivity index (χ0v) is 27.5. The van der Waals surface area contributed by atoms with Crippen LogP contribution in [0.2, 0.25) is 0 Å². The van der Waals surface area contributed by atoms with Gasteiger partial charge in [0.2, 0.25) is 0 Å². The highest BCUT2D eigenvalue weighted by Gasteiger charge is 2.20. The third kappa shape index (κ3) is 5.04. The lowest BCUT2D eigenvalue weighted by molar-refractivity contribution is 0.669. The Kier molecular flexibility index (Phi) is 6.78. The minimum Gasteiger partial charge on any atom is -0.456 e. The van der Waals surface area contributed by atoms with Gasteiger partial charge in [-0.25, -0.2) is 15.0 Å². The van der Waals surface area contributed by atoms with Gasteiger partial charge in [0.1, 0.15) is 11.2 Å². The topological polar surface area (TPSA) is 51.8 Å². The molecule has 0 bridgehead atoms. The number of nitrogens with zero attached hydrogens (tertiary/aromatic N) is 3. The Hall–Kier alpha value is -6.91. The fourth-order valence-corrected chi connectivity index (χ4v) is 7.26. The van der Waals surface area contributed by atoms with Crippen molar-refractivity contribution in [2.24, 2.45) is 0 Å². The fourth-order valence-electron chi connectivity index (χ4n) is 7.26. The van der Waals surface area contributed by atoms with E-state index in [4.69, 9.17) is 19.4 Å². The first-order chi connectivity index (χ1) is 25.3. The Morgan fingerprint density at radius 1 is 0.333 bits per heavy atom. The molecule has 10 aromatic rings. The van der Waals surface area contributed by atoms with E-state index in [2.05, 4.69) is 115 Å². The highest BCUT2D eigenvalue weighted by atomic mass is 16.3. The maximum atomic E-state index is 6.58. The highest BCUT2D eigenvalue weighted by molar-refractivity contribution is 6.19. The van der Waals surface area contributed by atoms with Gasteiger partial charge in [0.25, 0.3) is 0 Å². The van der Waals surface area contributed by atoms with Crippen molar-refractivity contribution in [3.63, 3.8) is 0 Å². The molecule has 238 valence electrons. The zero-order valence-electron chi connectivity index (χ0n) is 27.5. The van der Waals surface area contributed by atoms with Crippen molar-refractivity contribution >= 4 is 43.5 Å². The maximum Gasteiger partial charge on any atom is 0.164 e. The van der Waals surface area contributed by atoms with Gasteiger partial charge in [0.05, 0.1) is 0 Å². The van der Waals surface area contributed by atoms with E-state index in [9.17, 15) is 0 Å². The standard InChI is InChI=1S/C47H29N3O/c1-3-13-32(14-4-1)45-48-46(33-15-5-2-6-16-33)50-47(49-45)34-24-22-31(23-25-34)43-39(38-21-11-19-30-12-9-10-20-37(30)38)26-27-41-44(43)40-28-35-17-7-8-18-36(35)29-42(40)51-41/h1-29H. The number of furan rings is 1. The van der Waals surface area contributed by atoms with E-state index in [0.717, 1.165) is 60.7 Å². The lowest BCUT2D eigenvalue weighted by Gasteiger charge is -2.15. The van der Waals surface area contributed by atoms with Gasteiger partial charge < -0.3 is 4.42 Å². The zero-order chi connectivity index (χ0) is 33.7. The van der Waals surface area contributed by atoms with Gasteiger partial charge in [-0.2, -0.15) is 0 Å². The van der Waals surface area contributed by atoms with Crippen LogP contribution in [0.15, 0.2) is 180 Å². The summed E-state index contributed by atoms with van der Waals surface area (Å²) in [7, 11) is 0. The van der Waals surface area contributed by atoms with Gasteiger partial charge in [0, 0.05) is 33.0 Å². The van der Waals surface area contributed by atoms with Crippen LogP contribution in [0.5, 0.6) is 0 Å². The molecule has 0 saturated carbocycles. The van der Waals surface area contributed by atoms with E-state index in [-0.39, 0.29) is 0 Å². The van der Waals surface area contributed by atoms with E-state index in [1.807, 2.05) is 60.7 Å². The predicted octanol–water partition coefficient (Wildman–Crippen LogP) is 12.4. The van der Waals surface area contributed by atoms with E-state index in [0.29, 0.717) is 17.5 Å². The number of benzene rings is 8. The molecule has 0 fully saturated rings. The first-order valence-corrected chi connectivity index (χ1v) is 17.1. The molecule has 0 radical (unpaired) electrons. The minimum atomic E-state index is 0.627. The SMILES string of the molecule is c1ccc(-c2nc(-c3ccccc3)nc(-c3ccc(-c4c(-c5cccc6ccccc56)ccc5oc6cc7ccccc7cc6c45)cc3)n2)cc1. The lowest BCUT2D eigenvalue weighted by Crippen LogP contribution is -2.00. The molecule has 8 aromatic carbocycles. The molecule has 0 saturated heterocycles. The van der Waals surface area contributed by atoms with Crippen molar-refractivity contribution in [3.8, 4) is 56.4 Å². The summed E-state index contributed by atoms with van der Waals surface area (Å²) in [6, 6.07) is 61.1. The molecular weight excluding hydrogens is 623 g/mol. The van der Waals surface area contributed by atoms with Crippen molar-refractivity contribution in [2.45, 2.75) is 0 Å². The van der Waals surface area contributed by atoms with E-state index in [1.165, 1.54) is 21.7 Å². The Morgan fingerprint density at radius 2 is 0.863 bits per heavy atom. The van der Waals surface area contributed by atoms with Crippen LogP contribution >= 0.6 is 0 Å². The largest absolute Gasteiger partial charge is 0.456 e. The first kappa shape index (κ1) is 29.0. The van der Waals surface area contributed by atoms with Crippen LogP contribution in [-0.4, -0.2) is 15.0 Å². The minimum absolute atomic E-state index is 0.627. The number of hydrogen-bond acceptors (Lipinski definition) is 4.